The average Bonchev–Trinajstić information content (AvgIpc) is 2.70. The van der Waals surface area contributed by atoms with Gasteiger partial charge in [-0.15, -0.1) is 0 Å². The Morgan fingerprint density at radius 3 is 2.81 bits per heavy atom. The number of benzene rings is 1. The fourth-order valence-electron chi connectivity index (χ4n) is 4.17. The molecule has 1 aliphatic carbocycles. The monoisotopic (exact) mass is 368 g/mol. The standard InChI is InChI=1S/C21H28N4O2/c1-27-19-9-5-2-6-15(19)14-25-12-10-16(11-13-25)22-21-23-18-8-4-3-7-17(18)20(26)24-21/h2,5-6,9,16H,3-4,7-8,10-14H2,1H3,(H2,22,23,24,26). The van der Waals surface area contributed by atoms with Gasteiger partial charge in [0.1, 0.15) is 5.75 Å². The van der Waals surface area contributed by atoms with Gasteiger partial charge in [-0.25, -0.2) is 4.98 Å². The summed E-state index contributed by atoms with van der Waals surface area (Å²) in [7, 11) is 1.72. The number of anilines is 1. The third-order valence-electron chi connectivity index (χ3n) is 5.71. The predicted molar refractivity (Wildman–Crippen MR) is 106 cm³/mol. The lowest BCUT2D eigenvalue weighted by molar-refractivity contribution is 0.208. The summed E-state index contributed by atoms with van der Waals surface area (Å²) in [5.41, 5.74) is 3.14. The number of likely N-dealkylation sites (tertiary alicyclic amines) is 1. The second kappa shape index (κ2) is 8.13. The van der Waals surface area contributed by atoms with Crippen molar-refractivity contribution in [1.29, 1.82) is 0 Å². The Labute approximate surface area is 160 Å². The van der Waals surface area contributed by atoms with Crippen molar-refractivity contribution in [2.24, 2.45) is 0 Å². The molecule has 2 aliphatic rings. The summed E-state index contributed by atoms with van der Waals surface area (Å²) in [6.45, 7) is 2.94. The molecule has 0 bridgehead atoms. The van der Waals surface area contributed by atoms with Gasteiger partial charge >= 0.3 is 0 Å². The lowest BCUT2D eigenvalue weighted by Crippen LogP contribution is -2.39. The van der Waals surface area contributed by atoms with Gasteiger partial charge in [0, 0.05) is 36.8 Å². The minimum atomic E-state index is 0.0378. The zero-order valence-electron chi connectivity index (χ0n) is 16.0. The Bertz CT molecular complexity index is 840. The number of nitrogens with zero attached hydrogens (tertiary/aromatic N) is 2. The fraction of sp³-hybridized carbons (Fsp3) is 0.524. The summed E-state index contributed by atoms with van der Waals surface area (Å²) in [6, 6.07) is 8.56. The fourth-order valence-corrected chi connectivity index (χ4v) is 4.17. The minimum Gasteiger partial charge on any atom is -0.496 e. The van der Waals surface area contributed by atoms with E-state index in [2.05, 4.69) is 32.3 Å². The number of nitrogens with one attached hydrogen (secondary N) is 2. The van der Waals surface area contributed by atoms with Crippen molar-refractivity contribution in [3.63, 3.8) is 0 Å². The zero-order valence-corrected chi connectivity index (χ0v) is 16.0. The van der Waals surface area contributed by atoms with Crippen LogP contribution in [0.25, 0.3) is 0 Å². The van der Waals surface area contributed by atoms with Crippen LogP contribution in [-0.4, -0.2) is 41.1 Å². The predicted octanol–water partition coefficient (Wildman–Crippen LogP) is 2.73. The van der Waals surface area contributed by atoms with Crippen molar-refractivity contribution in [3.05, 3.63) is 51.4 Å². The van der Waals surface area contributed by atoms with Gasteiger partial charge in [0.05, 0.1) is 12.8 Å². The van der Waals surface area contributed by atoms with E-state index in [0.29, 0.717) is 12.0 Å². The molecule has 1 aliphatic heterocycles. The van der Waals surface area contributed by atoms with E-state index in [0.717, 1.165) is 75.2 Å². The van der Waals surface area contributed by atoms with Crippen LogP contribution in [0.4, 0.5) is 5.95 Å². The number of aryl methyl sites for hydroxylation is 1. The maximum atomic E-state index is 12.3. The molecule has 1 saturated heterocycles. The van der Waals surface area contributed by atoms with Crippen molar-refractivity contribution >= 4 is 5.95 Å². The molecule has 4 rings (SSSR count). The largest absolute Gasteiger partial charge is 0.496 e. The molecule has 0 unspecified atom stereocenters. The molecule has 0 spiro atoms. The topological polar surface area (TPSA) is 70.2 Å². The van der Waals surface area contributed by atoms with Crippen LogP contribution in [0.15, 0.2) is 29.1 Å². The molecule has 0 radical (unpaired) electrons. The van der Waals surface area contributed by atoms with Gasteiger partial charge in [-0.2, -0.15) is 0 Å². The van der Waals surface area contributed by atoms with Gasteiger partial charge in [0.15, 0.2) is 0 Å². The quantitative estimate of drug-likeness (QED) is 0.849. The molecular formula is C21H28N4O2. The van der Waals surface area contributed by atoms with E-state index in [4.69, 9.17) is 4.74 Å². The number of H-pyrrole nitrogens is 1. The second-order valence-corrected chi connectivity index (χ2v) is 7.55. The first-order valence-electron chi connectivity index (χ1n) is 9.96. The Balaban J connectivity index is 1.35. The van der Waals surface area contributed by atoms with Crippen LogP contribution in [0.2, 0.25) is 0 Å². The number of hydrogen-bond acceptors (Lipinski definition) is 5. The first-order valence-corrected chi connectivity index (χ1v) is 9.96. The number of rotatable bonds is 5. The third kappa shape index (κ3) is 4.16. The summed E-state index contributed by atoms with van der Waals surface area (Å²) in [5, 5.41) is 3.46. The smallest absolute Gasteiger partial charge is 0.255 e. The number of hydrogen-bond donors (Lipinski definition) is 2. The highest BCUT2D eigenvalue weighted by Gasteiger charge is 2.22. The molecule has 0 amide bonds. The normalized spacial score (nSPS) is 18.1. The number of aromatic nitrogens is 2. The second-order valence-electron chi connectivity index (χ2n) is 7.55. The Kier molecular flexibility index (Phi) is 5.43. The molecular weight excluding hydrogens is 340 g/mol. The summed E-state index contributed by atoms with van der Waals surface area (Å²) < 4.78 is 5.46. The van der Waals surface area contributed by atoms with Gasteiger partial charge in [-0.3, -0.25) is 14.7 Å². The van der Waals surface area contributed by atoms with Crippen molar-refractivity contribution in [2.45, 2.75) is 51.1 Å². The molecule has 27 heavy (non-hydrogen) atoms. The molecule has 6 nitrogen and oxygen atoms in total. The van der Waals surface area contributed by atoms with Crippen LogP contribution in [0, 0.1) is 0 Å². The van der Waals surface area contributed by atoms with Crippen LogP contribution < -0.4 is 15.6 Å². The SMILES string of the molecule is COc1ccccc1CN1CCC(Nc2nc3c(c(=O)[nH]2)CCCC3)CC1. The summed E-state index contributed by atoms with van der Waals surface area (Å²) in [4.78, 5) is 22.4. The number of piperidine rings is 1. The first kappa shape index (κ1) is 18.0. The summed E-state index contributed by atoms with van der Waals surface area (Å²) in [5.74, 6) is 1.59. The van der Waals surface area contributed by atoms with Crippen LogP contribution in [0.5, 0.6) is 5.75 Å². The van der Waals surface area contributed by atoms with Crippen molar-refractivity contribution < 1.29 is 4.74 Å². The molecule has 2 heterocycles. The Morgan fingerprint density at radius 1 is 1.22 bits per heavy atom. The van der Waals surface area contributed by atoms with Crippen LogP contribution in [0.1, 0.15) is 42.5 Å². The first-order chi connectivity index (χ1) is 13.2. The number of methoxy groups -OCH3 is 1. The van der Waals surface area contributed by atoms with E-state index in [1.165, 1.54) is 5.56 Å². The molecule has 0 saturated carbocycles. The van der Waals surface area contributed by atoms with E-state index in [1.54, 1.807) is 7.11 Å². The molecule has 6 heteroatoms. The zero-order chi connectivity index (χ0) is 18.6. The maximum absolute atomic E-state index is 12.3. The Hall–Kier alpha value is -2.34. The highest BCUT2D eigenvalue weighted by atomic mass is 16.5. The molecule has 2 N–H and O–H groups in total. The van der Waals surface area contributed by atoms with Crippen LogP contribution >= 0.6 is 0 Å². The third-order valence-corrected chi connectivity index (χ3v) is 5.71. The van der Waals surface area contributed by atoms with Crippen molar-refractivity contribution in [3.8, 4) is 5.75 Å². The molecule has 144 valence electrons. The lowest BCUT2D eigenvalue weighted by Gasteiger charge is -2.32. The van der Waals surface area contributed by atoms with E-state index >= 15 is 0 Å². The lowest BCUT2D eigenvalue weighted by atomic mass is 9.97. The van der Waals surface area contributed by atoms with E-state index in [-0.39, 0.29) is 5.56 Å². The van der Waals surface area contributed by atoms with E-state index < -0.39 is 0 Å². The van der Waals surface area contributed by atoms with Crippen molar-refractivity contribution in [1.82, 2.24) is 14.9 Å². The van der Waals surface area contributed by atoms with E-state index in [9.17, 15) is 4.79 Å². The number of para-hydroxylation sites is 1. The van der Waals surface area contributed by atoms with Crippen molar-refractivity contribution in [2.75, 3.05) is 25.5 Å². The van der Waals surface area contributed by atoms with Gasteiger partial charge in [-0.05, 0) is 44.6 Å². The summed E-state index contributed by atoms with van der Waals surface area (Å²) in [6.07, 6.45) is 6.08. The van der Waals surface area contributed by atoms with Crippen LogP contribution in [0.3, 0.4) is 0 Å². The van der Waals surface area contributed by atoms with Crippen LogP contribution in [-0.2, 0) is 19.4 Å². The number of ether oxygens (including phenoxy) is 1. The van der Waals surface area contributed by atoms with Gasteiger partial charge in [0.2, 0.25) is 5.95 Å². The number of aromatic amines is 1. The molecule has 1 aromatic heterocycles. The molecule has 1 fully saturated rings. The highest BCUT2D eigenvalue weighted by molar-refractivity contribution is 5.34. The summed E-state index contributed by atoms with van der Waals surface area (Å²) >= 11 is 0. The number of fused-ring (bicyclic) bond motifs is 1. The van der Waals surface area contributed by atoms with Gasteiger partial charge < -0.3 is 10.1 Å². The van der Waals surface area contributed by atoms with Gasteiger partial charge in [-0.1, -0.05) is 18.2 Å². The van der Waals surface area contributed by atoms with Gasteiger partial charge in [0.25, 0.3) is 5.56 Å². The molecule has 0 atom stereocenters. The van der Waals surface area contributed by atoms with E-state index in [1.807, 2.05) is 12.1 Å². The molecule has 2 aromatic rings. The Morgan fingerprint density at radius 2 is 2.00 bits per heavy atom. The maximum Gasteiger partial charge on any atom is 0.255 e. The molecule has 1 aromatic carbocycles. The average molecular weight is 368 g/mol. The minimum absolute atomic E-state index is 0.0378. The highest BCUT2D eigenvalue weighted by Crippen LogP contribution is 2.23.